The normalized spacial score (nSPS) is 10.7. The highest BCUT2D eigenvalue weighted by molar-refractivity contribution is 6.17. The van der Waals surface area contributed by atoms with E-state index in [1.807, 2.05) is 24.3 Å². The van der Waals surface area contributed by atoms with E-state index in [9.17, 15) is 0 Å². The number of hydrogen-bond donors (Lipinski definition) is 0. The Morgan fingerprint density at radius 1 is 1.27 bits per heavy atom. The van der Waals surface area contributed by atoms with Crippen LogP contribution in [-0.2, 0) is 4.74 Å². The number of rotatable bonds is 6. The monoisotopic (exact) mass is 222 g/mol. The van der Waals surface area contributed by atoms with E-state index >= 15 is 0 Å². The summed E-state index contributed by atoms with van der Waals surface area (Å²) >= 11 is 5.39. The lowest BCUT2D eigenvalue weighted by molar-refractivity contribution is 0.185. The molecule has 0 unspecified atom stereocenters. The predicted molar refractivity (Wildman–Crippen MR) is 66.9 cm³/mol. The van der Waals surface area contributed by atoms with Gasteiger partial charge in [-0.1, -0.05) is 60.7 Å². The highest BCUT2D eigenvalue weighted by atomic mass is 35.5. The van der Waals surface area contributed by atoms with Gasteiger partial charge in [-0.15, -0.1) is 0 Å². The molecule has 0 saturated heterocycles. The molecule has 1 aromatic carbocycles. The smallest absolute Gasteiger partial charge is 0.120 e. The minimum Gasteiger partial charge on any atom is -0.365 e. The van der Waals surface area contributed by atoms with Gasteiger partial charge < -0.3 is 4.74 Å². The lowest BCUT2D eigenvalue weighted by Crippen LogP contribution is -1.88. The summed E-state index contributed by atoms with van der Waals surface area (Å²) in [4.78, 5) is 0. The quantitative estimate of drug-likeness (QED) is 0.523. The van der Waals surface area contributed by atoms with Crippen LogP contribution >= 0.6 is 11.6 Å². The summed E-state index contributed by atoms with van der Waals surface area (Å²) < 4.78 is 5.02. The first kappa shape index (κ1) is 12.0. The molecule has 0 spiro atoms. The minimum absolute atomic E-state index is 0.261. The maximum atomic E-state index is 5.39. The summed E-state index contributed by atoms with van der Waals surface area (Å²) in [6.45, 7) is 4.44. The third-order valence-electron chi connectivity index (χ3n) is 2.02. The molecule has 0 aliphatic heterocycles. The standard InChI is InChI=1S/C13H15ClO/c1-2-12-7-3-4-8-13(12)9-5-6-10-15-11-14/h2-5,7-9H,1,6,10-11H2/b9-5-. The van der Waals surface area contributed by atoms with Crippen molar-refractivity contribution in [1.29, 1.82) is 0 Å². The first-order chi connectivity index (χ1) is 7.38. The van der Waals surface area contributed by atoms with Crippen LogP contribution in [0.25, 0.3) is 12.2 Å². The second-order valence-corrected chi connectivity index (χ2v) is 3.26. The Morgan fingerprint density at radius 3 is 2.67 bits per heavy atom. The van der Waals surface area contributed by atoms with Crippen molar-refractivity contribution in [2.24, 2.45) is 0 Å². The lowest BCUT2D eigenvalue weighted by Gasteiger charge is -1.99. The zero-order valence-electron chi connectivity index (χ0n) is 8.66. The molecule has 0 aliphatic rings. The molecule has 80 valence electrons. The lowest BCUT2D eigenvalue weighted by atomic mass is 10.1. The van der Waals surface area contributed by atoms with E-state index in [2.05, 4.69) is 24.8 Å². The number of hydrogen-bond acceptors (Lipinski definition) is 1. The summed E-state index contributed by atoms with van der Waals surface area (Å²) in [6.07, 6.45) is 6.89. The van der Waals surface area contributed by atoms with Crippen LogP contribution < -0.4 is 0 Å². The van der Waals surface area contributed by atoms with Gasteiger partial charge in [-0.25, -0.2) is 0 Å². The summed E-state index contributed by atoms with van der Waals surface area (Å²) in [6, 6.07) is 8.39. The molecule has 0 N–H and O–H groups in total. The second-order valence-electron chi connectivity index (χ2n) is 3.04. The molecule has 0 amide bonds. The van der Waals surface area contributed by atoms with Crippen LogP contribution in [0.4, 0.5) is 0 Å². The maximum Gasteiger partial charge on any atom is 0.120 e. The van der Waals surface area contributed by atoms with Crippen LogP contribution in [0.1, 0.15) is 17.5 Å². The molecule has 0 radical (unpaired) electrons. The highest BCUT2D eigenvalue weighted by Crippen LogP contribution is 2.11. The molecule has 0 atom stereocenters. The van der Waals surface area contributed by atoms with Gasteiger partial charge in [0.1, 0.15) is 6.07 Å². The summed E-state index contributed by atoms with van der Waals surface area (Å²) in [5, 5.41) is 0. The van der Waals surface area contributed by atoms with Crippen molar-refractivity contribution < 1.29 is 4.74 Å². The number of alkyl halides is 1. The molecule has 0 saturated carbocycles. The molecular weight excluding hydrogens is 208 g/mol. The van der Waals surface area contributed by atoms with Gasteiger partial charge in [-0.05, 0) is 17.5 Å². The van der Waals surface area contributed by atoms with Crippen molar-refractivity contribution in [2.45, 2.75) is 6.42 Å². The largest absolute Gasteiger partial charge is 0.365 e. The van der Waals surface area contributed by atoms with Gasteiger partial charge in [0.25, 0.3) is 0 Å². The Balaban J connectivity index is 2.52. The number of ether oxygens (including phenoxy) is 1. The maximum absolute atomic E-state index is 5.39. The van der Waals surface area contributed by atoms with E-state index < -0.39 is 0 Å². The van der Waals surface area contributed by atoms with Crippen molar-refractivity contribution >= 4 is 23.8 Å². The van der Waals surface area contributed by atoms with E-state index in [4.69, 9.17) is 16.3 Å². The van der Waals surface area contributed by atoms with Gasteiger partial charge in [-0.3, -0.25) is 0 Å². The van der Waals surface area contributed by atoms with Crippen molar-refractivity contribution in [3.8, 4) is 0 Å². The van der Waals surface area contributed by atoms with E-state index in [1.165, 1.54) is 5.56 Å². The van der Waals surface area contributed by atoms with E-state index in [0.29, 0.717) is 6.61 Å². The Kier molecular flexibility index (Phi) is 5.83. The van der Waals surface area contributed by atoms with Crippen LogP contribution in [0.15, 0.2) is 36.9 Å². The fourth-order valence-electron chi connectivity index (χ4n) is 1.26. The molecule has 1 rings (SSSR count). The summed E-state index contributed by atoms with van der Waals surface area (Å²) in [5.41, 5.74) is 2.32. The molecule has 0 aromatic heterocycles. The van der Waals surface area contributed by atoms with Gasteiger partial charge in [0, 0.05) is 0 Å². The van der Waals surface area contributed by atoms with Crippen LogP contribution in [0.5, 0.6) is 0 Å². The first-order valence-electron chi connectivity index (χ1n) is 4.90. The SMILES string of the molecule is C=Cc1ccccc1/C=C\CCOCCl. The van der Waals surface area contributed by atoms with E-state index in [-0.39, 0.29) is 6.07 Å². The zero-order valence-corrected chi connectivity index (χ0v) is 9.41. The number of halogens is 1. The summed E-state index contributed by atoms with van der Waals surface area (Å²) in [7, 11) is 0. The molecule has 1 aromatic rings. The topological polar surface area (TPSA) is 9.23 Å². The van der Waals surface area contributed by atoms with Crippen LogP contribution in [0.2, 0.25) is 0 Å². The van der Waals surface area contributed by atoms with Crippen LogP contribution in [0.3, 0.4) is 0 Å². The van der Waals surface area contributed by atoms with Gasteiger partial charge >= 0.3 is 0 Å². The van der Waals surface area contributed by atoms with Gasteiger partial charge in [-0.2, -0.15) is 0 Å². The molecular formula is C13H15ClO. The average molecular weight is 223 g/mol. The number of benzene rings is 1. The predicted octanol–water partition coefficient (Wildman–Crippen LogP) is 3.95. The Morgan fingerprint density at radius 2 is 2.00 bits per heavy atom. The third-order valence-corrected chi connectivity index (χ3v) is 2.17. The fraction of sp³-hybridized carbons (Fsp3) is 0.231. The Labute approximate surface area is 96.0 Å². The Bertz CT molecular complexity index is 331. The zero-order chi connectivity index (χ0) is 10.9. The highest BCUT2D eigenvalue weighted by Gasteiger charge is 1.92. The molecule has 0 aliphatic carbocycles. The molecule has 0 bridgehead atoms. The van der Waals surface area contributed by atoms with Crippen molar-refractivity contribution in [1.82, 2.24) is 0 Å². The van der Waals surface area contributed by atoms with Crippen molar-refractivity contribution in [2.75, 3.05) is 12.7 Å². The fourth-order valence-corrected chi connectivity index (χ4v) is 1.37. The molecule has 0 fully saturated rings. The molecule has 1 nitrogen and oxygen atoms in total. The first-order valence-corrected chi connectivity index (χ1v) is 5.43. The Hall–Kier alpha value is -1.05. The van der Waals surface area contributed by atoms with E-state index in [1.54, 1.807) is 0 Å². The van der Waals surface area contributed by atoms with E-state index in [0.717, 1.165) is 12.0 Å². The third kappa shape index (κ3) is 4.32. The van der Waals surface area contributed by atoms with Crippen LogP contribution in [0, 0.1) is 0 Å². The average Bonchev–Trinajstić information content (AvgIpc) is 2.29. The second kappa shape index (κ2) is 7.27. The van der Waals surface area contributed by atoms with Gasteiger partial charge in [0.2, 0.25) is 0 Å². The minimum atomic E-state index is 0.261. The molecule has 0 heterocycles. The molecule has 15 heavy (non-hydrogen) atoms. The van der Waals surface area contributed by atoms with Gasteiger partial charge in [0.15, 0.2) is 0 Å². The van der Waals surface area contributed by atoms with Gasteiger partial charge in [0.05, 0.1) is 6.61 Å². The van der Waals surface area contributed by atoms with Crippen molar-refractivity contribution in [3.05, 3.63) is 48.0 Å². The summed E-state index contributed by atoms with van der Waals surface area (Å²) in [5.74, 6) is 0. The van der Waals surface area contributed by atoms with Crippen molar-refractivity contribution in [3.63, 3.8) is 0 Å². The molecule has 2 heteroatoms. The van der Waals surface area contributed by atoms with Crippen LogP contribution in [-0.4, -0.2) is 12.7 Å².